The fourth-order valence-corrected chi connectivity index (χ4v) is 1.93. The van der Waals surface area contributed by atoms with E-state index in [1.54, 1.807) is 6.07 Å². The number of nitrogens with zero attached hydrogens (tertiary/aromatic N) is 1. The fourth-order valence-electron chi connectivity index (χ4n) is 1.93. The first-order valence-corrected chi connectivity index (χ1v) is 6.82. The van der Waals surface area contributed by atoms with Crippen LogP contribution < -0.4 is 15.8 Å². The van der Waals surface area contributed by atoms with Gasteiger partial charge in [0.25, 0.3) is 0 Å². The van der Waals surface area contributed by atoms with Crippen molar-refractivity contribution in [3.63, 3.8) is 0 Å². The predicted molar refractivity (Wildman–Crippen MR) is 81.1 cm³/mol. The van der Waals surface area contributed by atoms with Crippen LogP contribution in [0.2, 0.25) is 0 Å². The van der Waals surface area contributed by atoms with Crippen molar-refractivity contribution >= 4 is 17.3 Å². The van der Waals surface area contributed by atoms with Crippen molar-refractivity contribution in [1.82, 2.24) is 4.90 Å². The zero-order chi connectivity index (χ0) is 14.9. The van der Waals surface area contributed by atoms with Crippen LogP contribution in [0.1, 0.15) is 25.8 Å². The van der Waals surface area contributed by atoms with Crippen LogP contribution >= 0.6 is 0 Å². The van der Waals surface area contributed by atoms with Crippen LogP contribution in [0.15, 0.2) is 12.1 Å². The second-order valence-corrected chi connectivity index (χ2v) is 6.09. The maximum Gasteiger partial charge on any atom is 0.224 e. The van der Waals surface area contributed by atoms with Gasteiger partial charge < -0.3 is 20.7 Å². The lowest BCUT2D eigenvalue weighted by atomic mass is 10.0. The van der Waals surface area contributed by atoms with Gasteiger partial charge in [-0.3, -0.25) is 4.79 Å². The molecule has 0 aromatic heterocycles. The van der Waals surface area contributed by atoms with Gasteiger partial charge in [0.1, 0.15) is 12.4 Å². The molecule has 3 N–H and O–H groups in total. The number of hydrogen-bond donors (Lipinski definition) is 2. The summed E-state index contributed by atoms with van der Waals surface area (Å²) >= 11 is 0. The van der Waals surface area contributed by atoms with Crippen molar-refractivity contribution in [3.05, 3.63) is 17.7 Å². The molecule has 1 amide bonds. The van der Waals surface area contributed by atoms with Crippen LogP contribution in [-0.2, 0) is 11.2 Å². The van der Waals surface area contributed by atoms with Gasteiger partial charge in [-0.15, -0.1) is 0 Å². The summed E-state index contributed by atoms with van der Waals surface area (Å²) in [6, 6.07) is 3.72. The Kier molecular flexibility index (Phi) is 3.90. The number of carbonyl (C=O) groups excluding carboxylic acids is 1. The molecule has 1 aromatic rings. The molecule has 0 unspecified atom stereocenters. The highest BCUT2D eigenvalue weighted by molar-refractivity contribution is 5.94. The summed E-state index contributed by atoms with van der Waals surface area (Å²) < 4.78 is 5.88. The zero-order valence-corrected chi connectivity index (χ0v) is 12.6. The highest BCUT2D eigenvalue weighted by Crippen LogP contribution is 2.33. The van der Waals surface area contributed by atoms with Crippen LogP contribution in [0.4, 0.5) is 11.4 Å². The van der Waals surface area contributed by atoms with Crippen LogP contribution in [0.3, 0.4) is 0 Å². The summed E-state index contributed by atoms with van der Waals surface area (Å²) in [5.74, 6) is 0.731. The smallest absolute Gasteiger partial charge is 0.224 e. The first-order chi connectivity index (χ1) is 9.29. The standard InChI is InChI=1S/C15H23N3O2/c1-15(2,18(3)4)9-20-13-7-10-5-6-14(19)17-12(10)8-11(13)16/h7-8H,5-6,9,16H2,1-4H3,(H,17,19). The van der Waals surface area contributed by atoms with E-state index >= 15 is 0 Å². The molecule has 1 aliphatic heterocycles. The number of fused-ring (bicyclic) bond motifs is 1. The van der Waals surface area contributed by atoms with Crippen molar-refractivity contribution in [3.8, 4) is 5.75 Å². The molecule has 0 saturated heterocycles. The summed E-state index contributed by atoms with van der Waals surface area (Å²) in [4.78, 5) is 13.5. The molecule has 0 spiro atoms. The van der Waals surface area contributed by atoms with Gasteiger partial charge in [0.2, 0.25) is 5.91 Å². The molecule has 1 heterocycles. The zero-order valence-electron chi connectivity index (χ0n) is 12.6. The first-order valence-electron chi connectivity index (χ1n) is 6.82. The van der Waals surface area contributed by atoms with E-state index < -0.39 is 0 Å². The summed E-state index contributed by atoms with van der Waals surface area (Å²) in [6.45, 7) is 4.78. The van der Waals surface area contributed by atoms with Crippen molar-refractivity contribution in [2.24, 2.45) is 0 Å². The van der Waals surface area contributed by atoms with E-state index in [4.69, 9.17) is 10.5 Å². The van der Waals surface area contributed by atoms with Gasteiger partial charge in [-0.1, -0.05) is 0 Å². The van der Waals surface area contributed by atoms with E-state index in [1.807, 2.05) is 20.2 Å². The molecule has 20 heavy (non-hydrogen) atoms. The maximum atomic E-state index is 11.4. The Morgan fingerprint density at radius 3 is 2.70 bits per heavy atom. The molecule has 1 aliphatic rings. The lowest BCUT2D eigenvalue weighted by Crippen LogP contribution is -2.43. The summed E-state index contributed by atoms with van der Waals surface area (Å²) in [7, 11) is 4.05. The van der Waals surface area contributed by atoms with E-state index in [0.29, 0.717) is 24.5 Å². The highest BCUT2D eigenvalue weighted by atomic mass is 16.5. The molecule has 0 bridgehead atoms. The Labute approximate surface area is 120 Å². The van der Waals surface area contributed by atoms with Gasteiger partial charge >= 0.3 is 0 Å². The Bertz CT molecular complexity index is 524. The number of rotatable bonds is 4. The van der Waals surface area contributed by atoms with Gasteiger partial charge in [-0.2, -0.15) is 0 Å². The number of carbonyl (C=O) groups is 1. The number of hydrogen-bond acceptors (Lipinski definition) is 4. The number of aryl methyl sites for hydroxylation is 1. The maximum absolute atomic E-state index is 11.4. The van der Waals surface area contributed by atoms with Crippen LogP contribution in [0.5, 0.6) is 5.75 Å². The fraction of sp³-hybridized carbons (Fsp3) is 0.533. The average molecular weight is 277 g/mol. The molecule has 0 aliphatic carbocycles. The Morgan fingerprint density at radius 1 is 1.35 bits per heavy atom. The second-order valence-electron chi connectivity index (χ2n) is 6.09. The molecule has 0 fully saturated rings. The predicted octanol–water partition coefficient (Wildman–Crippen LogP) is 1.87. The molecule has 5 nitrogen and oxygen atoms in total. The lowest BCUT2D eigenvalue weighted by Gasteiger charge is -2.32. The largest absolute Gasteiger partial charge is 0.490 e. The van der Waals surface area contributed by atoms with Crippen molar-refractivity contribution in [1.29, 1.82) is 0 Å². The van der Waals surface area contributed by atoms with Crippen LogP contribution in [-0.4, -0.2) is 37.0 Å². The average Bonchev–Trinajstić information content (AvgIpc) is 2.36. The van der Waals surface area contributed by atoms with Gasteiger partial charge in [-0.25, -0.2) is 0 Å². The Morgan fingerprint density at radius 2 is 2.05 bits per heavy atom. The van der Waals surface area contributed by atoms with E-state index in [1.165, 1.54) is 0 Å². The van der Waals surface area contributed by atoms with Crippen LogP contribution in [0, 0.1) is 0 Å². The number of amides is 1. The molecule has 1 aromatic carbocycles. The normalized spacial score (nSPS) is 14.9. The third-order valence-electron chi connectivity index (χ3n) is 3.92. The minimum atomic E-state index is -0.0729. The Balaban J connectivity index is 2.16. The number of ether oxygens (including phenoxy) is 1. The van der Waals surface area contributed by atoms with E-state index in [9.17, 15) is 4.79 Å². The number of benzene rings is 1. The number of nitrogens with two attached hydrogens (primary N) is 1. The number of nitrogen functional groups attached to an aromatic ring is 1. The molecule has 0 atom stereocenters. The summed E-state index contributed by atoms with van der Waals surface area (Å²) in [6.07, 6.45) is 1.24. The van der Waals surface area contributed by atoms with E-state index in [-0.39, 0.29) is 11.4 Å². The van der Waals surface area contributed by atoms with Crippen LogP contribution in [0.25, 0.3) is 0 Å². The Hall–Kier alpha value is -1.75. The molecular weight excluding hydrogens is 254 g/mol. The second kappa shape index (κ2) is 5.32. The lowest BCUT2D eigenvalue weighted by molar-refractivity contribution is -0.116. The molecule has 5 heteroatoms. The van der Waals surface area contributed by atoms with Crippen molar-refractivity contribution in [2.75, 3.05) is 31.8 Å². The first kappa shape index (κ1) is 14.7. The van der Waals surface area contributed by atoms with Gasteiger partial charge in [-0.05, 0) is 52.1 Å². The third-order valence-corrected chi connectivity index (χ3v) is 3.92. The number of nitrogens with one attached hydrogen (secondary N) is 1. The molecule has 110 valence electrons. The number of anilines is 2. The molecule has 2 rings (SSSR count). The summed E-state index contributed by atoms with van der Waals surface area (Å²) in [5.41, 5.74) is 8.37. The SMILES string of the molecule is CN(C)C(C)(C)COc1cc2c(cc1N)NC(=O)CC2. The monoisotopic (exact) mass is 277 g/mol. The van der Waals surface area contributed by atoms with E-state index in [0.717, 1.165) is 17.7 Å². The number of likely N-dealkylation sites (N-methyl/N-ethyl adjacent to an activating group) is 1. The minimum absolute atomic E-state index is 0.0410. The highest BCUT2D eigenvalue weighted by Gasteiger charge is 2.23. The third kappa shape index (κ3) is 3.04. The quantitative estimate of drug-likeness (QED) is 0.825. The van der Waals surface area contributed by atoms with Gasteiger partial charge in [0, 0.05) is 17.6 Å². The van der Waals surface area contributed by atoms with Gasteiger partial charge in [0.15, 0.2) is 0 Å². The molecule has 0 radical (unpaired) electrons. The topological polar surface area (TPSA) is 67.6 Å². The van der Waals surface area contributed by atoms with E-state index in [2.05, 4.69) is 24.1 Å². The molecule has 0 saturated carbocycles. The summed E-state index contributed by atoms with van der Waals surface area (Å²) in [5, 5.41) is 2.84. The van der Waals surface area contributed by atoms with Crippen molar-refractivity contribution < 1.29 is 9.53 Å². The molecular formula is C15H23N3O2. The van der Waals surface area contributed by atoms with Crippen molar-refractivity contribution in [2.45, 2.75) is 32.2 Å². The van der Waals surface area contributed by atoms with Gasteiger partial charge in [0.05, 0.1) is 5.69 Å². The minimum Gasteiger partial charge on any atom is -0.490 e.